The van der Waals surface area contributed by atoms with E-state index in [0.29, 0.717) is 12.6 Å². The molecule has 4 heteroatoms. The maximum Gasteiger partial charge on any atom is 0.165 e. The SMILES string of the molecule is CC1(C)Cc2cccc(OCCN3CCC(N)C3)c2O1. The molecule has 2 N–H and O–H groups in total. The van der Waals surface area contributed by atoms with Crippen LogP contribution in [-0.4, -0.2) is 42.8 Å². The van der Waals surface area contributed by atoms with Crippen LogP contribution in [0, 0.1) is 0 Å². The minimum Gasteiger partial charge on any atom is -0.488 e. The second kappa shape index (κ2) is 5.26. The molecule has 110 valence electrons. The quantitative estimate of drug-likeness (QED) is 0.911. The summed E-state index contributed by atoms with van der Waals surface area (Å²) < 4.78 is 11.9. The lowest BCUT2D eigenvalue weighted by Gasteiger charge is -2.19. The molecule has 1 atom stereocenters. The number of nitrogens with zero attached hydrogens (tertiary/aromatic N) is 1. The van der Waals surface area contributed by atoms with Gasteiger partial charge in [0, 0.05) is 31.1 Å². The van der Waals surface area contributed by atoms with Crippen molar-refractivity contribution in [2.75, 3.05) is 26.2 Å². The second-order valence-electron chi connectivity index (χ2n) is 6.48. The predicted molar refractivity (Wildman–Crippen MR) is 79.4 cm³/mol. The first kappa shape index (κ1) is 13.7. The minimum absolute atomic E-state index is 0.122. The molecule has 1 fully saturated rings. The second-order valence-corrected chi connectivity index (χ2v) is 6.48. The largest absolute Gasteiger partial charge is 0.488 e. The lowest BCUT2D eigenvalue weighted by molar-refractivity contribution is 0.130. The van der Waals surface area contributed by atoms with Crippen molar-refractivity contribution >= 4 is 0 Å². The zero-order valence-electron chi connectivity index (χ0n) is 12.4. The van der Waals surface area contributed by atoms with Gasteiger partial charge in [0.2, 0.25) is 0 Å². The number of fused-ring (bicyclic) bond motifs is 1. The molecule has 1 saturated heterocycles. The van der Waals surface area contributed by atoms with Crippen molar-refractivity contribution in [3.63, 3.8) is 0 Å². The molecular weight excluding hydrogens is 252 g/mol. The van der Waals surface area contributed by atoms with E-state index in [9.17, 15) is 0 Å². The van der Waals surface area contributed by atoms with Crippen LogP contribution in [0.5, 0.6) is 11.5 Å². The highest BCUT2D eigenvalue weighted by Gasteiger charge is 2.32. The predicted octanol–water partition coefficient (Wildman–Crippen LogP) is 1.81. The van der Waals surface area contributed by atoms with Gasteiger partial charge in [0.15, 0.2) is 11.5 Å². The topological polar surface area (TPSA) is 47.7 Å². The molecule has 0 bridgehead atoms. The molecule has 0 spiro atoms. The molecule has 20 heavy (non-hydrogen) atoms. The molecule has 1 unspecified atom stereocenters. The number of ether oxygens (including phenoxy) is 2. The number of hydrogen-bond donors (Lipinski definition) is 1. The fraction of sp³-hybridized carbons (Fsp3) is 0.625. The van der Waals surface area contributed by atoms with Gasteiger partial charge < -0.3 is 15.2 Å². The van der Waals surface area contributed by atoms with Gasteiger partial charge in [0.05, 0.1) is 0 Å². The number of rotatable bonds is 4. The summed E-state index contributed by atoms with van der Waals surface area (Å²) >= 11 is 0. The molecule has 2 heterocycles. The van der Waals surface area contributed by atoms with E-state index >= 15 is 0 Å². The molecule has 2 aliphatic heterocycles. The Bertz CT molecular complexity index is 487. The summed E-state index contributed by atoms with van der Waals surface area (Å²) in [5, 5.41) is 0. The summed E-state index contributed by atoms with van der Waals surface area (Å²) in [4.78, 5) is 2.36. The van der Waals surface area contributed by atoms with Crippen molar-refractivity contribution in [1.29, 1.82) is 0 Å². The highest BCUT2D eigenvalue weighted by molar-refractivity contribution is 5.50. The van der Waals surface area contributed by atoms with Gasteiger partial charge in [-0.2, -0.15) is 0 Å². The lowest BCUT2D eigenvalue weighted by atomic mass is 10.0. The van der Waals surface area contributed by atoms with E-state index in [1.807, 2.05) is 12.1 Å². The summed E-state index contributed by atoms with van der Waals surface area (Å²) in [6, 6.07) is 6.50. The summed E-state index contributed by atoms with van der Waals surface area (Å²) in [5.41, 5.74) is 7.03. The molecule has 0 amide bonds. The van der Waals surface area contributed by atoms with Crippen LogP contribution in [0.15, 0.2) is 18.2 Å². The third-order valence-corrected chi connectivity index (χ3v) is 4.03. The van der Waals surface area contributed by atoms with Crippen LogP contribution >= 0.6 is 0 Å². The van der Waals surface area contributed by atoms with Crippen molar-refractivity contribution in [3.8, 4) is 11.5 Å². The Morgan fingerprint density at radius 2 is 2.30 bits per heavy atom. The van der Waals surface area contributed by atoms with E-state index in [1.165, 1.54) is 5.56 Å². The first-order valence-electron chi connectivity index (χ1n) is 7.45. The molecule has 2 aliphatic rings. The molecule has 0 aliphatic carbocycles. The first-order chi connectivity index (χ1) is 9.53. The number of benzene rings is 1. The maximum absolute atomic E-state index is 6.01. The van der Waals surface area contributed by atoms with Gasteiger partial charge in [-0.15, -0.1) is 0 Å². The molecular formula is C16H24N2O2. The summed E-state index contributed by atoms with van der Waals surface area (Å²) in [6.07, 6.45) is 2.04. The van der Waals surface area contributed by atoms with Gasteiger partial charge in [0.1, 0.15) is 12.2 Å². The Labute approximate surface area is 120 Å². The van der Waals surface area contributed by atoms with E-state index in [2.05, 4.69) is 24.8 Å². The van der Waals surface area contributed by atoms with E-state index in [0.717, 1.165) is 44.0 Å². The Kier molecular flexibility index (Phi) is 3.61. The number of nitrogens with two attached hydrogens (primary N) is 1. The molecule has 0 saturated carbocycles. The Morgan fingerprint density at radius 1 is 1.45 bits per heavy atom. The summed E-state index contributed by atoms with van der Waals surface area (Å²) in [6.45, 7) is 7.92. The smallest absolute Gasteiger partial charge is 0.165 e. The fourth-order valence-corrected chi connectivity index (χ4v) is 3.05. The third kappa shape index (κ3) is 2.91. The number of hydrogen-bond acceptors (Lipinski definition) is 4. The first-order valence-corrected chi connectivity index (χ1v) is 7.45. The van der Waals surface area contributed by atoms with Crippen LogP contribution in [-0.2, 0) is 6.42 Å². The molecule has 0 radical (unpaired) electrons. The normalized spacial score (nSPS) is 24.4. The zero-order chi connectivity index (χ0) is 14.2. The van der Waals surface area contributed by atoms with Crippen molar-refractivity contribution in [2.45, 2.75) is 38.3 Å². The van der Waals surface area contributed by atoms with Crippen LogP contribution in [0.25, 0.3) is 0 Å². The molecule has 4 nitrogen and oxygen atoms in total. The van der Waals surface area contributed by atoms with Crippen molar-refractivity contribution < 1.29 is 9.47 Å². The van der Waals surface area contributed by atoms with Crippen molar-refractivity contribution in [1.82, 2.24) is 4.90 Å². The Balaban J connectivity index is 1.58. The average Bonchev–Trinajstić information content (AvgIpc) is 2.91. The van der Waals surface area contributed by atoms with Gasteiger partial charge in [0.25, 0.3) is 0 Å². The van der Waals surface area contributed by atoms with E-state index in [4.69, 9.17) is 15.2 Å². The highest BCUT2D eigenvalue weighted by Crippen LogP contribution is 2.41. The van der Waals surface area contributed by atoms with Crippen molar-refractivity contribution in [2.24, 2.45) is 5.73 Å². The van der Waals surface area contributed by atoms with E-state index < -0.39 is 0 Å². The van der Waals surface area contributed by atoms with Crippen LogP contribution in [0.2, 0.25) is 0 Å². The molecule has 1 aromatic carbocycles. The fourth-order valence-electron chi connectivity index (χ4n) is 3.05. The van der Waals surface area contributed by atoms with Crippen LogP contribution in [0.4, 0.5) is 0 Å². The van der Waals surface area contributed by atoms with E-state index in [-0.39, 0.29) is 5.60 Å². The monoisotopic (exact) mass is 276 g/mol. The maximum atomic E-state index is 6.01. The Hall–Kier alpha value is -1.26. The minimum atomic E-state index is -0.122. The summed E-state index contributed by atoms with van der Waals surface area (Å²) in [5.74, 6) is 1.80. The molecule has 1 aromatic rings. The van der Waals surface area contributed by atoms with Crippen LogP contribution in [0.3, 0.4) is 0 Å². The number of likely N-dealkylation sites (tertiary alicyclic amines) is 1. The van der Waals surface area contributed by atoms with E-state index in [1.54, 1.807) is 0 Å². The Morgan fingerprint density at radius 3 is 3.05 bits per heavy atom. The van der Waals surface area contributed by atoms with Crippen LogP contribution < -0.4 is 15.2 Å². The zero-order valence-corrected chi connectivity index (χ0v) is 12.4. The van der Waals surface area contributed by atoms with Crippen LogP contribution in [0.1, 0.15) is 25.8 Å². The number of para-hydroxylation sites is 1. The van der Waals surface area contributed by atoms with Gasteiger partial charge in [-0.05, 0) is 32.9 Å². The van der Waals surface area contributed by atoms with Gasteiger partial charge in [-0.3, -0.25) is 4.90 Å². The highest BCUT2D eigenvalue weighted by atomic mass is 16.5. The van der Waals surface area contributed by atoms with Gasteiger partial charge in [-0.1, -0.05) is 12.1 Å². The van der Waals surface area contributed by atoms with Crippen molar-refractivity contribution in [3.05, 3.63) is 23.8 Å². The third-order valence-electron chi connectivity index (χ3n) is 4.03. The lowest BCUT2D eigenvalue weighted by Crippen LogP contribution is -2.30. The van der Waals surface area contributed by atoms with Gasteiger partial charge >= 0.3 is 0 Å². The molecule has 3 rings (SSSR count). The average molecular weight is 276 g/mol. The summed E-state index contributed by atoms with van der Waals surface area (Å²) in [7, 11) is 0. The standard InChI is InChI=1S/C16H24N2O2/c1-16(2)10-12-4-3-5-14(15(12)20-16)19-9-8-18-7-6-13(17)11-18/h3-5,13H,6-11,17H2,1-2H3. The van der Waals surface area contributed by atoms with Gasteiger partial charge in [-0.25, -0.2) is 0 Å². The molecule has 0 aromatic heterocycles.